The van der Waals surface area contributed by atoms with E-state index in [1.54, 1.807) is 12.1 Å². The van der Waals surface area contributed by atoms with Crippen LogP contribution in [0.3, 0.4) is 0 Å². The van der Waals surface area contributed by atoms with Crippen molar-refractivity contribution in [2.75, 3.05) is 5.32 Å². The third-order valence-corrected chi connectivity index (χ3v) is 3.38. The molecular formula is C13H10Cl2N2O3. The molecule has 0 aliphatic carbocycles. The maximum atomic E-state index is 10.6. The molecule has 0 amide bonds. The number of phenolic OH excluding ortho intramolecular Hbond substituents is 1. The van der Waals surface area contributed by atoms with E-state index < -0.39 is 4.92 Å². The maximum Gasteiger partial charge on any atom is 0.271 e. The molecule has 0 spiro atoms. The van der Waals surface area contributed by atoms with Gasteiger partial charge in [0.15, 0.2) is 0 Å². The topological polar surface area (TPSA) is 75.4 Å². The second kappa shape index (κ2) is 5.98. The summed E-state index contributed by atoms with van der Waals surface area (Å²) in [6, 6.07) is 8.95. The molecule has 2 aromatic carbocycles. The Bertz CT molecular complexity index is 642. The number of rotatable bonds is 4. The molecule has 0 saturated carbocycles. The zero-order valence-electron chi connectivity index (χ0n) is 10.1. The van der Waals surface area contributed by atoms with Crippen LogP contribution in [0.5, 0.6) is 5.75 Å². The molecule has 0 radical (unpaired) electrons. The van der Waals surface area contributed by atoms with Crippen molar-refractivity contribution in [3.05, 3.63) is 62.1 Å². The van der Waals surface area contributed by atoms with Crippen LogP contribution < -0.4 is 5.32 Å². The van der Waals surface area contributed by atoms with Crippen LogP contribution in [0.25, 0.3) is 0 Å². The summed E-state index contributed by atoms with van der Waals surface area (Å²) in [6.07, 6.45) is 0. The Hall–Kier alpha value is -1.98. The van der Waals surface area contributed by atoms with E-state index in [-0.39, 0.29) is 23.0 Å². The van der Waals surface area contributed by atoms with Crippen molar-refractivity contribution in [2.45, 2.75) is 6.54 Å². The first-order chi connectivity index (χ1) is 9.49. The van der Waals surface area contributed by atoms with Gasteiger partial charge in [-0.2, -0.15) is 0 Å². The van der Waals surface area contributed by atoms with Gasteiger partial charge in [0.1, 0.15) is 5.75 Å². The van der Waals surface area contributed by atoms with E-state index in [1.807, 2.05) is 0 Å². The van der Waals surface area contributed by atoms with Gasteiger partial charge in [0.2, 0.25) is 0 Å². The first-order valence-corrected chi connectivity index (χ1v) is 6.39. The van der Waals surface area contributed by atoms with Gasteiger partial charge < -0.3 is 10.4 Å². The normalized spacial score (nSPS) is 10.3. The van der Waals surface area contributed by atoms with Gasteiger partial charge in [-0.25, -0.2) is 0 Å². The Morgan fingerprint density at radius 1 is 1.20 bits per heavy atom. The Kier molecular flexibility index (Phi) is 4.32. The summed E-state index contributed by atoms with van der Waals surface area (Å²) in [7, 11) is 0. The molecule has 5 nitrogen and oxygen atoms in total. The van der Waals surface area contributed by atoms with Crippen molar-refractivity contribution in [3.63, 3.8) is 0 Å². The third kappa shape index (κ3) is 3.12. The van der Waals surface area contributed by atoms with Crippen LogP contribution in [0.4, 0.5) is 11.4 Å². The van der Waals surface area contributed by atoms with E-state index in [0.717, 1.165) is 0 Å². The molecule has 0 unspecified atom stereocenters. The van der Waals surface area contributed by atoms with Crippen LogP contribution in [0.1, 0.15) is 5.56 Å². The highest BCUT2D eigenvalue weighted by Crippen LogP contribution is 2.30. The van der Waals surface area contributed by atoms with Crippen LogP contribution in [0.2, 0.25) is 10.0 Å². The van der Waals surface area contributed by atoms with Gasteiger partial charge in [0.05, 0.1) is 15.6 Å². The van der Waals surface area contributed by atoms with Crippen LogP contribution in [0, 0.1) is 10.1 Å². The fraction of sp³-hybridized carbons (Fsp3) is 0.0769. The van der Waals surface area contributed by atoms with Crippen molar-refractivity contribution in [1.82, 2.24) is 0 Å². The third-order valence-electron chi connectivity index (χ3n) is 2.71. The Morgan fingerprint density at radius 3 is 2.55 bits per heavy atom. The van der Waals surface area contributed by atoms with Crippen molar-refractivity contribution in [3.8, 4) is 5.75 Å². The minimum atomic E-state index is -0.518. The molecule has 0 atom stereocenters. The van der Waals surface area contributed by atoms with Gasteiger partial charge in [-0.1, -0.05) is 29.3 Å². The number of aromatic hydroxyl groups is 1. The number of anilines is 1. The summed E-state index contributed by atoms with van der Waals surface area (Å²) in [5.41, 5.74) is 0.973. The highest BCUT2D eigenvalue weighted by Gasteiger charge is 2.11. The van der Waals surface area contributed by atoms with E-state index in [9.17, 15) is 15.2 Å². The van der Waals surface area contributed by atoms with Crippen LogP contribution in [0.15, 0.2) is 36.4 Å². The molecule has 2 aromatic rings. The first kappa shape index (κ1) is 14.4. The van der Waals surface area contributed by atoms with Gasteiger partial charge >= 0.3 is 0 Å². The van der Waals surface area contributed by atoms with E-state index >= 15 is 0 Å². The zero-order chi connectivity index (χ0) is 14.7. The molecule has 20 heavy (non-hydrogen) atoms. The smallest absolute Gasteiger partial charge is 0.271 e. The lowest BCUT2D eigenvalue weighted by Crippen LogP contribution is -2.01. The maximum absolute atomic E-state index is 10.6. The second-order valence-corrected chi connectivity index (χ2v) is 4.83. The van der Waals surface area contributed by atoms with E-state index in [2.05, 4.69) is 5.32 Å². The van der Waals surface area contributed by atoms with Gasteiger partial charge in [-0.15, -0.1) is 0 Å². The molecule has 0 aliphatic rings. The number of non-ortho nitro benzene ring substituents is 1. The predicted molar refractivity (Wildman–Crippen MR) is 78.5 cm³/mol. The highest BCUT2D eigenvalue weighted by molar-refractivity contribution is 6.33. The Labute approximate surface area is 124 Å². The molecule has 2 N–H and O–H groups in total. The lowest BCUT2D eigenvalue weighted by molar-refractivity contribution is -0.384. The van der Waals surface area contributed by atoms with E-state index in [1.165, 1.54) is 24.3 Å². The molecule has 7 heteroatoms. The second-order valence-electron chi connectivity index (χ2n) is 4.01. The number of hydrogen-bond acceptors (Lipinski definition) is 4. The summed E-state index contributed by atoms with van der Waals surface area (Å²) in [5, 5.41) is 23.9. The number of hydrogen-bond donors (Lipinski definition) is 2. The Balaban J connectivity index is 2.17. The number of nitrogens with zero attached hydrogens (tertiary/aromatic N) is 1. The molecule has 0 bridgehead atoms. The Morgan fingerprint density at radius 2 is 1.95 bits per heavy atom. The molecular weight excluding hydrogens is 303 g/mol. The van der Waals surface area contributed by atoms with Gasteiger partial charge in [-0.3, -0.25) is 10.1 Å². The van der Waals surface area contributed by atoms with Crippen LogP contribution in [-0.4, -0.2) is 10.0 Å². The molecule has 0 aliphatic heterocycles. The van der Waals surface area contributed by atoms with E-state index in [0.29, 0.717) is 16.3 Å². The SMILES string of the molecule is O=[N+]([O-])c1ccc(NCc2c(O)cccc2Cl)c(Cl)c1. The monoisotopic (exact) mass is 312 g/mol. The van der Waals surface area contributed by atoms with Gasteiger partial charge in [-0.05, 0) is 18.2 Å². The quantitative estimate of drug-likeness (QED) is 0.654. The molecule has 104 valence electrons. The van der Waals surface area contributed by atoms with Gasteiger partial charge in [0, 0.05) is 29.3 Å². The minimum Gasteiger partial charge on any atom is -0.508 e. The average Bonchev–Trinajstić information content (AvgIpc) is 2.39. The highest BCUT2D eigenvalue weighted by atomic mass is 35.5. The fourth-order valence-electron chi connectivity index (χ4n) is 1.67. The van der Waals surface area contributed by atoms with Crippen molar-refractivity contribution < 1.29 is 10.0 Å². The summed E-state index contributed by atoms with van der Waals surface area (Å²) in [5.74, 6) is 0.0723. The molecule has 0 heterocycles. The number of benzene rings is 2. The number of nitro groups is 1. The zero-order valence-corrected chi connectivity index (χ0v) is 11.6. The summed E-state index contributed by atoms with van der Waals surface area (Å²) in [6.45, 7) is 0.253. The lowest BCUT2D eigenvalue weighted by atomic mass is 10.2. The van der Waals surface area contributed by atoms with Crippen molar-refractivity contribution in [1.29, 1.82) is 0 Å². The lowest BCUT2D eigenvalue weighted by Gasteiger charge is -2.11. The standard InChI is InChI=1S/C13H10Cl2N2O3/c14-10-2-1-3-13(18)9(10)7-16-12-5-4-8(17(19)20)6-11(12)15/h1-6,16,18H,7H2. The number of halogens is 2. The van der Waals surface area contributed by atoms with Crippen molar-refractivity contribution >= 4 is 34.6 Å². The largest absolute Gasteiger partial charge is 0.508 e. The minimum absolute atomic E-state index is 0.0723. The number of nitrogens with one attached hydrogen (secondary N) is 1. The number of phenols is 1. The summed E-state index contributed by atoms with van der Waals surface area (Å²) in [4.78, 5) is 10.1. The summed E-state index contributed by atoms with van der Waals surface area (Å²) < 4.78 is 0. The van der Waals surface area contributed by atoms with Crippen LogP contribution >= 0.6 is 23.2 Å². The number of nitro benzene ring substituents is 1. The summed E-state index contributed by atoms with van der Waals surface area (Å²) >= 11 is 11.9. The molecule has 0 fully saturated rings. The molecule has 0 saturated heterocycles. The first-order valence-electron chi connectivity index (χ1n) is 5.63. The van der Waals surface area contributed by atoms with Crippen molar-refractivity contribution in [2.24, 2.45) is 0 Å². The van der Waals surface area contributed by atoms with E-state index in [4.69, 9.17) is 23.2 Å². The molecule has 2 rings (SSSR count). The molecule has 0 aromatic heterocycles. The fourth-order valence-corrected chi connectivity index (χ4v) is 2.14. The average molecular weight is 313 g/mol. The van der Waals surface area contributed by atoms with Crippen LogP contribution in [-0.2, 0) is 6.54 Å². The van der Waals surface area contributed by atoms with Gasteiger partial charge in [0.25, 0.3) is 5.69 Å². The predicted octanol–water partition coefficient (Wildman–Crippen LogP) is 4.22.